The van der Waals surface area contributed by atoms with Crippen LogP contribution in [0.2, 0.25) is 10.0 Å². The number of hydrogen-bond acceptors (Lipinski definition) is 6. The van der Waals surface area contributed by atoms with Gasteiger partial charge in [-0.05, 0) is 73.0 Å². The molecule has 0 bridgehead atoms. The topological polar surface area (TPSA) is 114 Å². The molecule has 0 spiro atoms. The number of carbonyl (C=O) groups is 1. The van der Waals surface area contributed by atoms with E-state index in [1.807, 2.05) is 6.92 Å². The third kappa shape index (κ3) is 6.75. The number of nitro benzene ring substituents is 1. The standard InChI is InChI=1S/C26H21Cl2N3O5/c1-3-35-24-12-17(10-19(14-29)18-5-8-21(9-6-18)31(33)34)11-23(28)26(24)36-15-25(32)30-20-7-4-16(2)22(27)13-20/h4-13H,3,15H2,1-2H3,(H,30,32)/b19-10+. The minimum Gasteiger partial charge on any atom is -0.490 e. The number of carbonyl (C=O) groups excluding carboxylic acids is 1. The first-order chi connectivity index (χ1) is 17.2. The van der Waals surface area contributed by atoms with E-state index >= 15 is 0 Å². The van der Waals surface area contributed by atoms with Crippen LogP contribution in [0, 0.1) is 28.4 Å². The van der Waals surface area contributed by atoms with Crippen LogP contribution in [0.3, 0.4) is 0 Å². The van der Waals surface area contributed by atoms with Crippen molar-refractivity contribution < 1.29 is 19.2 Å². The predicted octanol–water partition coefficient (Wildman–Crippen LogP) is 6.69. The van der Waals surface area contributed by atoms with Crippen molar-refractivity contribution in [1.29, 1.82) is 5.26 Å². The summed E-state index contributed by atoms with van der Waals surface area (Å²) in [5.74, 6) is 0.0624. The lowest BCUT2D eigenvalue weighted by Gasteiger charge is -2.15. The first-order valence-electron chi connectivity index (χ1n) is 10.7. The van der Waals surface area contributed by atoms with Gasteiger partial charge in [-0.3, -0.25) is 14.9 Å². The van der Waals surface area contributed by atoms with Gasteiger partial charge in [-0.2, -0.15) is 5.26 Å². The van der Waals surface area contributed by atoms with E-state index in [0.29, 0.717) is 34.2 Å². The molecule has 0 aliphatic carbocycles. The highest BCUT2D eigenvalue weighted by atomic mass is 35.5. The monoisotopic (exact) mass is 525 g/mol. The van der Waals surface area contributed by atoms with Crippen molar-refractivity contribution in [2.45, 2.75) is 13.8 Å². The fourth-order valence-corrected chi connectivity index (χ4v) is 3.64. The zero-order chi connectivity index (χ0) is 26.2. The van der Waals surface area contributed by atoms with E-state index in [4.69, 9.17) is 32.7 Å². The molecule has 0 unspecified atom stereocenters. The van der Waals surface area contributed by atoms with Crippen LogP contribution in [0.1, 0.15) is 23.6 Å². The Morgan fingerprint density at radius 3 is 2.44 bits per heavy atom. The third-order valence-electron chi connectivity index (χ3n) is 4.96. The van der Waals surface area contributed by atoms with Crippen molar-refractivity contribution in [1.82, 2.24) is 0 Å². The summed E-state index contributed by atoms with van der Waals surface area (Å²) < 4.78 is 11.3. The molecule has 0 aromatic heterocycles. The molecule has 10 heteroatoms. The van der Waals surface area contributed by atoms with Gasteiger partial charge in [0.25, 0.3) is 11.6 Å². The smallest absolute Gasteiger partial charge is 0.269 e. The molecule has 0 fully saturated rings. The second kappa shape index (κ2) is 12.1. The van der Waals surface area contributed by atoms with Gasteiger partial charge in [0.05, 0.1) is 28.2 Å². The van der Waals surface area contributed by atoms with Gasteiger partial charge in [-0.15, -0.1) is 0 Å². The van der Waals surface area contributed by atoms with Gasteiger partial charge in [0.2, 0.25) is 0 Å². The number of non-ortho nitro benzene ring substituents is 1. The number of amides is 1. The summed E-state index contributed by atoms with van der Waals surface area (Å²) in [5.41, 5.74) is 2.67. The highest BCUT2D eigenvalue weighted by Gasteiger charge is 2.15. The van der Waals surface area contributed by atoms with E-state index in [1.54, 1.807) is 43.3 Å². The number of ether oxygens (including phenoxy) is 2. The molecular weight excluding hydrogens is 505 g/mol. The Kier molecular flexibility index (Phi) is 8.90. The molecule has 1 amide bonds. The largest absolute Gasteiger partial charge is 0.490 e. The average Bonchev–Trinajstić information content (AvgIpc) is 2.84. The number of anilines is 1. The maximum Gasteiger partial charge on any atom is 0.269 e. The highest BCUT2D eigenvalue weighted by Crippen LogP contribution is 2.38. The average molecular weight is 526 g/mol. The molecule has 3 aromatic carbocycles. The summed E-state index contributed by atoms with van der Waals surface area (Å²) in [6.45, 7) is 3.62. The number of benzene rings is 3. The predicted molar refractivity (Wildman–Crippen MR) is 140 cm³/mol. The quantitative estimate of drug-likeness (QED) is 0.144. The number of nitrogens with one attached hydrogen (secondary N) is 1. The zero-order valence-corrected chi connectivity index (χ0v) is 20.9. The van der Waals surface area contributed by atoms with E-state index in [-0.39, 0.29) is 28.6 Å². The van der Waals surface area contributed by atoms with Gasteiger partial charge >= 0.3 is 0 Å². The third-order valence-corrected chi connectivity index (χ3v) is 5.64. The molecule has 0 aliphatic heterocycles. The van der Waals surface area contributed by atoms with E-state index in [1.165, 1.54) is 24.3 Å². The lowest BCUT2D eigenvalue weighted by molar-refractivity contribution is -0.384. The zero-order valence-electron chi connectivity index (χ0n) is 19.4. The summed E-state index contributed by atoms with van der Waals surface area (Å²) in [6.07, 6.45) is 1.58. The Balaban J connectivity index is 1.81. The minimum atomic E-state index is -0.511. The summed E-state index contributed by atoms with van der Waals surface area (Å²) >= 11 is 12.5. The number of nitro groups is 1. The first-order valence-corrected chi connectivity index (χ1v) is 11.5. The molecule has 0 aliphatic rings. The summed E-state index contributed by atoms with van der Waals surface area (Å²) in [5, 5.41) is 23.9. The van der Waals surface area contributed by atoms with Crippen molar-refractivity contribution in [3.8, 4) is 17.6 Å². The Morgan fingerprint density at radius 1 is 1.11 bits per heavy atom. The molecular formula is C26H21Cl2N3O5. The molecule has 36 heavy (non-hydrogen) atoms. The van der Waals surface area contributed by atoms with E-state index in [9.17, 15) is 20.2 Å². The van der Waals surface area contributed by atoms with Crippen molar-refractivity contribution in [2.75, 3.05) is 18.5 Å². The molecule has 0 heterocycles. The van der Waals surface area contributed by atoms with Crippen molar-refractivity contribution in [3.63, 3.8) is 0 Å². The van der Waals surface area contributed by atoms with Crippen LogP contribution < -0.4 is 14.8 Å². The van der Waals surface area contributed by atoms with Gasteiger partial charge < -0.3 is 14.8 Å². The number of rotatable bonds is 9. The SMILES string of the molecule is CCOc1cc(/C=C(\C#N)c2ccc([N+](=O)[O-])cc2)cc(Cl)c1OCC(=O)Nc1ccc(C)c(Cl)c1. The number of allylic oxidation sites excluding steroid dienone is 1. The van der Waals surface area contributed by atoms with Crippen LogP contribution in [-0.4, -0.2) is 24.0 Å². The number of aryl methyl sites for hydroxylation is 1. The van der Waals surface area contributed by atoms with Crippen LogP contribution in [0.15, 0.2) is 54.6 Å². The Bertz CT molecular complexity index is 1370. The molecule has 3 rings (SSSR count). The second-order valence-corrected chi connectivity index (χ2v) is 8.35. The molecule has 184 valence electrons. The molecule has 8 nitrogen and oxygen atoms in total. The number of hydrogen-bond donors (Lipinski definition) is 1. The molecule has 0 saturated heterocycles. The summed E-state index contributed by atoms with van der Waals surface area (Å²) in [4.78, 5) is 22.8. The Hall–Kier alpha value is -4.06. The van der Waals surface area contributed by atoms with Crippen LogP contribution in [-0.2, 0) is 4.79 Å². The van der Waals surface area contributed by atoms with Crippen LogP contribution >= 0.6 is 23.2 Å². The normalized spacial score (nSPS) is 10.9. The summed E-state index contributed by atoms with van der Waals surface area (Å²) in [6, 6.07) is 16.1. The van der Waals surface area contributed by atoms with Crippen LogP contribution in [0.5, 0.6) is 11.5 Å². The van der Waals surface area contributed by atoms with Crippen molar-refractivity contribution >= 4 is 52.1 Å². The van der Waals surface area contributed by atoms with E-state index in [2.05, 4.69) is 11.4 Å². The maximum atomic E-state index is 12.4. The van der Waals surface area contributed by atoms with Crippen molar-refractivity contribution in [2.24, 2.45) is 0 Å². The lowest BCUT2D eigenvalue weighted by Crippen LogP contribution is -2.20. The molecule has 3 aromatic rings. The fourth-order valence-electron chi connectivity index (χ4n) is 3.19. The van der Waals surface area contributed by atoms with E-state index in [0.717, 1.165) is 5.56 Å². The fraction of sp³-hybridized carbons (Fsp3) is 0.154. The number of nitriles is 1. The van der Waals surface area contributed by atoms with Crippen molar-refractivity contribution in [3.05, 3.63) is 91.4 Å². The maximum absolute atomic E-state index is 12.4. The molecule has 0 atom stereocenters. The molecule has 0 saturated carbocycles. The second-order valence-electron chi connectivity index (χ2n) is 7.54. The van der Waals surface area contributed by atoms with Gasteiger partial charge in [-0.1, -0.05) is 29.3 Å². The number of halogens is 2. The number of nitrogens with zero attached hydrogens (tertiary/aromatic N) is 2. The highest BCUT2D eigenvalue weighted by molar-refractivity contribution is 6.32. The Morgan fingerprint density at radius 2 is 1.83 bits per heavy atom. The van der Waals surface area contributed by atoms with Gasteiger partial charge in [0.15, 0.2) is 18.1 Å². The Labute approximate surface area is 217 Å². The summed E-state index contributed by atoms with van der Waals surface area (Å²) in [7, 11) is 0. The van der Waals surface area contributed by atoms with Gasteiger partial charge in [0, 0.05) is 22.8 Å². The van der Waals surface area contributed by atoms with Crippen LogP contribution in [0.25, 0.3) is 11.6 Å². The molecule has 0 radical (unpaired) electrons. The minimum absolute atomic E-state index is 0.0752. The first kappa shape index (κ1) is 26.5. The van der Waals surface area contributed by atoms with E-state index < -0.39 is 10.8 Å². The van der Waals surface area contributed by atoms with Gasteiger partial charge in [-0.25, -0.2) is 0 Å². The molecule has 1 N–H and O–H groups in total. The van der Waals surface area contributed by atoms with Gasteiger partial charge in [0.1, 0.15) is 0 Å². The van der Waals surface area contributed by atoms with Crippen LogP contribution in [0.4, 0.5) is 11.4 Å². The lowest BCUT2D eigenvalue weighted by atomic mass is 10.0.